The van der Waals surface area contributed by atoms with Crippen LogP contribution in [-0.2, 0) is 0 Å². The lowest BCUT2D eigenvalue weighted by atomic mass is 10.1. The first-order valence-electron chi connectivity index (χ1n) is 6.09. The minimum Gasteiger partial charge on any atom is -0.379 e. The van der Waals surface area contributed by atoms with Gasteiger partial charge in [-0.05, 0) is 43.7 Å². The number of ketones is 1. The number of hydrogen-bond donors (Lipinski definition) is 1. The van der Waals surface area contributed by atoms with Crippen LogP contribution in [0.1, 0.15) is 35.8 Å². The number of carbonyl (C=O) groups excluding carboxylic acids is 1. The summed E-state index contributed by atoms with van der Waals surface area (Å²) in [5, 5.41) is 3.41. The Morgan fingerprint density at radius 1 is 1.00 bits per heavy atom. The summed E-state index contributed by atoms with van der Waals surface area (Å²) in [6.45, 7) is 3.70. The summed E-state index contributed by atoms with van der Waals surface area (Å²) in [6, 6.07) is 18.1. The molecule has 1 atom stereocenters. The Morgan fingerprint density at radius 3 is 2.17 bits per heavy atom. The first-order chi connectivity index (χ1) is 8.66. The third-order valence-electron chi connectivity index (χ3n) is 2.97. The van der Waals surface area contributed by atoms with E-state index in [1.54, 1.807) is 6.92 Å². The average molecular weight is 239 g/mol. The normalized spacial score (nSPS) is 11.9. The number of anilines is 1. The predicted octanol–water partition coefficient (Wildman–Crippen LogP) is 4.06. The second-order valence-electron chi connectivity index (χ2n) is 4.41. The van der Waals surface area contributed by atoms with Crippen molar-refractivity contribution in [2.24, 2.45) is 0 Å². The number of hydrogen-bond acceptors (Lipinski definition) is 2. The molecule has 1 N–H and O–H groups in total. The lowest BCUT2D eigenvalue weighted by Gasteiger charge is -2.15. The summed E-state index contributed by atoms with van der Waals surface area (Å²) in [5.41, 5.74) is 3.01. The van der Waals surface area contributed by atoms with Gasteiger partial charge in [-0.2, -0.15) is 0 Å². The highest BCUT2D eigenvalue weighted by Crippen LogP contribution is 2.19. The number of rotatable bonds is 4. The van der Waals surface area contributed by atoms with Crippen molar-refractivity contribution in [3.63, 3.8) is 0 Å². The first-order valence-corrected chi connectivity index (χ1v) is 6.09. The Hall–Kier alpha value is -2.09. The number of nitrogens with one attached hydrogen (secondary N) is 1. The van der Waals surface area contributed by atoms with Crippen molar-refractivity contribution in [2.75, 3.05) is 5.32 Å². The standard InChI is InChI=1S/C16H17NO/c1-12(14-6-4-3-5-7-14)17-16-10-8-15(9-11-16)13(2)18/h3-12,17H,1-2H3. The van der Waals surface area contributed by atoms with Crippen molar-refractivity contribution in [3.05, 3.63) is 65.7 Å². The van der Waals surface area contributed by atoms with Gasteiger partial charge in [0.15, 0.2) is 5.78 Å². The van der Waals surface area contributed by atoms with Gasteiger partial charge < -0.3 is 5.32 Å². The van der Waals surface area contributed by atoms with E-state index in [0.717, 1.165) is 11.3 Å². The van der Waals surface area contributed by atoms with E-state index in [1.807, 2.05) is 42.5 Å². The minimum atomic E-state index is 0.0951. The quantitative estimate of drug-likeness (QED) is 0.815. The van der Waals surface area contributed by atoms with Crippen LogP contribution in [0.4, 0.5) is 5.69 Å². The van der Waals surface area contributed by atoms with Gasteiger partial charge in [0.25, 0.3) is 0 Å². The molecule has 2 heteroatoms. The van der Waals surface area contributed by atoms with Crippen LogP contribution < -0.4 is 5.32 Å². The Kier molecular flexibility index (Phi) is 3.78. The topological polar surface area (TPSA) is 29.1 Å². The second kappa shape index (κ2) is 5.50. The molecule has 0 aliphatic heterocycles. The van der Waals surface area contributed by atoms with Gasteiger partial charge in [0.1, 0.15) is 0 Å². The third kappa shape index (κ3) is 2.98. The number of benzene rings is 2. The number of Topliss-reactive ketones (excluding diaryl/α,β-unsaturated/α-hetero) is 1. The van der Waals surface area contributed by atoms with Crippen LogP contribution in [0.3, 0.4) is 0 Å². The molecule has 0 aromatic heterocycles. The summed E-state index contributed by atoms with van der Waals surface area (Å²) < 4.78 is 0. The van der Waals surface area contributed by atoms with Gasteiger partial charge in [-0.1, -0.05) is 30.3 Å². The van der Waals surface area contributed by atoms with E-state index in [0.29, 0.717) is 0 Å². The van der Waals surface area contributed by atoms with Crippen LogP contribution >= 0.6 is 0 Å². The highest BCUT2D eigenvalue weighted by molar-refractivity contribution is 5.94. The Labute approximate surface area is 108 Å². The molecule has 18 heavy (non-hydrogen) atoms. The van der Waals surface area contributed by atoms with Gasteiger partial charge in [-0.25, -0.2) is 0 Å². The van der Waals surface area contributed by atoms with Crippen LogP contribution in [0.5, 0.6) is 0 Å². The lowest BCUT2D eigenvalue weighted by molar-refractivity contribution is 0.101. The van der Waals surface area contributed by atoms with Crippen LogP contribution in [-0.4, -0.2) is 5.78 Å². The van der Waals surface area contributed by atoms with E-state index in [9.17, 15) is 4.79 Å². The summed E-state index contributed by atoms with van der Waals surface area (Å²) in [5.74, 6) is 0.0951. The van der Waals surface area contributed by atoms with Crippen molar-refractivity contribution in [1.29, 1.82) is 0 Å². The van der Waals surface area contributed by atoms with E-state index in [2.05, 4.69) is 24.4 Å². The zero-order chi connectivity index (χ0) is 13.0. The molecule has 0 heterocycles. The summed E-state index contributed by atoms with van der Waals surface area (Å²) in [7, 11) is 0. The zero-order valence-corrected chi connectivity index (χ0v) is 10.7. The molecule has 0 bridgehead atoms. The van der Waals surface area contributed by atoms with E-state index in [-0.39, 0.29) is 11.8 Å². The largest absolute Gasteiger partial charge is 0.379 e. The van der Waals surface area contributed by atoms with Crippen LogP contribution in [0, 0.1) is 0 Å². The van der Waals surface area contributed by atoms with E-state index in [1.165, 1.54) is 5.56 Å². The van der Waals surface area contributed by atoms with Crippen LogP contribution in [0.2, 0.25) is 0 Å². The molecule has 0 aliphatic rings. The molecule has 0 saturated heterocycles. The fourth-order valence-corrected chi connectivity index (χ4v) is 1.88. The molecular weight excluding hydrogens is 222 g/mol. The van der Waals surface area contributed by atoms with E-state index < -0.39 is 0 Å². The van der Waals surface area contributed by atoms with Crippen molar-refractivity contribution in [3.8, 4) is 0 Å². The maximum atomic E-state index is 11.2. The van der Waals surface area contributed by atoms with E-state index >= 15 is 0 Å². The smallest absolute Gasteiger partial charge is 0.159 e. The van der Waals surface area contributed by atoms with Gasteiger partial charge in [0.05, 0.1) is 0 Å². The Balaban J connectivity index is 2.08. The Bertz CT molecular complexity index is 517. The molecule has 0 fully saturated rings. The molecule has 0 amide bonds. The lowest BCUT2D eigenvalue weighted by Crippen LogP contribution is -2.06. The molecule has 0 radical (unpaired) electrons. The highest BCUT2D eigenvalue weighted by Gasteiger charge is 2.04. The molecule has 0 aliphatic carbocycles. The fourth-order valence-electron chi connectivity index (χ4n) is 1.88. The van der Waals surface area contributed by atoms with Crippen LogP contribution in [0.15, 0.2) is 54.6 Å². The van der Waals surface area contributed by atoms with Crippen molar-refractivity contribution in [1.82, 2.24) is 0 Å². The van der Waals surface area contributed by atoms with Crippen LogP contribution in [0.25, 0.3) is 0 Å². The van der Waals surface area contributed by atoms with Crippen molar-refractivity contribution in [2.45, 2.75) is 19.9 Å². The molecule has 92 valence electrons. The summed E-state index contributed by atoms with van der Waals surface area (Å²) in [6.07, 6.45) is 0. The minimum absolute atomic E-state index is 0.0951. The number of carbonyl (C=O) groups is 1. The SMILES string of the molecule is CC(=O)c1ccc(NC(C)c2ccccc2)cc1. The van der Waals surface area contributed by atoms with Gasteiger partial charge in [0.2, 0.25) is 0 Å². The third-order valence-corrected chi connectivity index (χ3v) is 2.97. The molecule has 1 unspecified atom stereocenters. The van der Waals surface area contributed by atoms with E-state index in [4.69, 9.17) is 0 Å². The van der Waals surface area contributed by atoms with Gasteiger partial charge in [-0.3, -0.25) is 4.79 Å². The molecule has 2 nitrogen and oxygen atoms in total. The summed E-state index contributed by atoms with van der Waals surface area (Å²) >= 11 is 0. The fraction of sp³-hybridized carbons (Fsp3) is 0.188. The maximum Gasteiger partial charge on any atom is 0.159 e. The Morgan fingerprint density at radius 2 is 1.61 bits per heavy atom. The van der Waals surface area contributed by atoms with Crippen molar-refractivity contribution < 1.29 is 4.79 Å². The molecule has 2 aromatic rings. The molecule has 0 saturated carbocycles. The van der Waals surface area contributed by atoms with Gasteiger partial charge >= 0.3 is 0 Å². The monoisotopic (exact) mass is 239 g/mol. The average Bonchev–Trinajstić information content (AvgIpc) is 2.40. The molecule has 2 rings (SSSR count). The molecule has 0 spiro atoms. The van der Waals surface area contributed by atoms with Gasteiger partial charge in [-0.15, -0.1) is 0 Å². The van der Waals surface area contributed by atoms with Gasteiger partial charge in [0, 0.05) is 17.3 Å². The maximum absolute atomic E-state index is 11.2. The molecular formula is C16H17NO. The predicted molar refractivity (Wildman–Crippen MR) is 74.9 cm³/mol. The highest BCUT2D eigenvalue weighted by atomic mass is 16.1. The second-order valence-corrected chi connectivity index (χ2v) is 4.41. The molecule has 2 aromatic carbocycles. The first kappa shape index (κ1) is 12.4. The van der Waals surface area contributed by atoms with Crippen molar-refractivity contribution >= 4 is 11.5 Å². The zero-order valence-electron chi connectivity index (χ0n) is 10.7. The summed E-state index contributed by atoms with van der Waals surface area (Å²) in [4.78, 5) is 11.2.